The first-order valence-corrected chi connectivity index (χ1v) is 11.8. The number of carbonyl (C=O) groups excluding carboxylic acids is 3. The quantitative estimate of drug-likeness (QED) is 0.569. The molecule has 2 aromatic rings. The molecule has 0 saturated carbocycles. The number of ketones is 1. The number of hydrogen-bond donors (Lipinski definition) is 1. The first-order valence-electron chi connectivity index (χ1n) is 10.9. The van der Waals surface area contributed by atoms with Crippen LogP contribution in [0.4, 0.5) is 5.69 Å². The number of piperidine rings is 1. The number of amides is 2. The Morgan fingerprint density at radius 3 is 2.42 bits per heavy atom. The van der Waals surface area contributed by atoms with E-state index in [9.17, 15) is 14.4 Å². The third-order valence-corrected chi connectivity index (χ3v) is 6.45. The molecular weight excluding hydrogens is 410 g/mol. The molecule has 166 valence electrons. The number of benzene rings is 1. The van der Waals surface area contributed by atoms with E-state index in [1.165, 1.54) is 36.3 Å². The molecule has 1 saturated heterocycles. The van der Waals surface area contributed by atoms with Gasteiger partial charge in [0.25, 0.3) is 0 Å². The Morgan fingerprint density at radius 1 is 1.00 bits per heavy atom. The molecule has 0 spiro atoms. The Bertz CT molecular complexity index is 859. The molecule has 31 heavy (non-hydrogen) atoms. The maximum absolute atomic E-state index is 12.4. The average Bonchev–Trinajstić information content (AvgIpc) is 3.33. The fourth-order valence-corrected chi connectivity index (χ4v) is 4.40. The molecular formula is C24H31N3O3S. The van der Waals surface area contributed by atoms with E-state index in [-0.39, 0.29) is 43.4 Å². The second kappa shape index (κ2) is 11.6. The molecule has 3 rings (SSSR count). The lowest BCUT2D eigenvalue weighted by atomic mass is 10.1. The minimum Gasteiger partial charge on any atom is -0.372 e. The summed E-state index contributed by atoms with van der Waals surface area (Å²) in [6.07, 6.45) is 4.39. The van der Waals surface area contributed by atoms with E-state index in [1.807, 2.05) is 11.4 Å². The lowest BCUT2D eigenvalue weighted by molar-refractivity contribution is -0.130. The Kier molecular flexibility index (Phi) is 8.64. The van der Waals surface area contributed by atoms with E-state index >= 15 is 0 Å². The van der Waals surface area contributed by atoms with Crippen LogP contribution in [0.5, 0.6) is 0 Å². The van der Waals surface area contributed by atoms with Gasteiger partial charge in [0, 0.05) is 58.2 Å². The molecule has 0 unspecified atom stereocenters. The van der Waals surface area contributed by atoms with Gasteiger partial charge in [-0.1, -0.05) is 18.2 Å². The molecule has 0 bridgehead atoms. The van der Waals surface area contributed by atoms with E-state index < -0.39 is 0 Å². The SMILES string of the molecule is CN(Cc1ccc(N2CCCCC2)cc1)C(=O)CCNC(=O)CCC(=O)c1cccs1. The molecule has 0 radical (unpaired) electrons. The van der Waals surface area contributed by atoms with E-state index in [0.717, 1.165) is 18.7 Å². The molecule has 0 atom stereocenters. The molecule has 6 nitrogen and oxygen atoms in total. The first kappa shape index (κ1) is 23.0. The van der Waals surface area contributed by atoms with Crippen molar-refractivity contribution in [1.82, 2.24) is 10.2 Å². The molecule has 1 aliphatic heterocycles. The maximum atomic E-state index is 12.4. The highest BCUT2D eigenvalue weighted by molar-refractivity contribution is 7.12. The summed E-state index contributed by atoms with van der Waals surface area (Å²) in [6.45, 7) is 3.06. The van der Waals surface area contributed by atoms with Crippen LogP contribution in [0.2, 0.25) is 0 Å². The molecule has 2 amide bonds. The highest BCUT2D eigenvalue weighted by Crippen LogP contribution is 2.20. The van der Waals surface area contributed by atoms with Gasteiger partial charge in [-0.2, -0.15) is 0 Å². The molecule has 0 aliphatic carbocycles. The molecule has 1 aliphatic rings. The fraction of sp³-hybridized carbons (Fsp3) is 0.458. The number of Topliss-reactive ketones (excluding diaryl/α,β-unsaturated/α-hetero) is 1. The van der Waals surface area contributed by atoms with Gasteiger partial charge in [0.15, 0.2) is 5.78 Å². The van der Waals surface area contributed by atoms with Crippen LogP contribution in [0.3, 0.4) is 0 Å². The normalized spacial score (nSPS) is 13.6. The third kappa shape index (κ3) is 7.21. The summed E-state index contributed by atoms with van der Waals surface area (Å²) in [5.74, 6) is -0.240. The van der Waals surface area contributed by atoms with Gasteiger partial charge in [-0.15, -0.1) is 11.3 Å². The summed E-state index contributed by atoms with van der Waals surface area (Å²) in [7, 11) is 1.78. The zero-order chi connectivity index (χ0) is 22.1. The highest BCUT2D eigenvalue weighted by Gasteiger charge is 2.14. The Hall–Kier alpha value is -2.67. The van der Waals surface area contributed by atoms with Crippen LogP contribution in [0.15, 0.2) is 41.8 Å². The standard InChI is InChI=1S/C24H31N3O3S/c1-26(18-19-7-9-20(10-8-19)27-15-3-2-4-16-27)24(30)13-14-25-23(29)12-11-21(28)22-6-5-17-31-22/h5-10,17H,2-4,11-16,18H2,1H3,(H,25,29). The number of thiophene rings is 1. The second-order valence-electron chi connectivity index (χ2n) is 7.96. The average molecular weight is 442 g/mol. The van der Waals surface area contributed by atoms with Gasteiger partial charge < -0.3 is 15.1 Å². The van der Waals surface area contributed by atoms with Gasteiger partial charge in [-0.3, -0.25) is 14.4 Å². The second-order valence-corrected chi connectivity index (χ2v) is 8.91. The molecule has 1 aromatic heterocycles. The van der Waals surface area contributed by atoms with Crippen LogP contribution in [0.1, 0.15) is 53.8 Å². The van der Waals surface area contributed by atoms with Crippen molar-refractivity contribution in [3.63, 3.8) is 0 Å². The largest absolute Gasteiger partial charge is 0.372 e. The van der Waals surface area contributed by atoms with Gasteiger partial charge in [-0.25, -0.2) is 0 Å². The van der Waals surface area contributed by atoms with Crippen molar-refractivity contribution in [2.45, 2.75) is 45.1 Å². The maximum Gasteiger partial charge on any atom is 0.224 e. The van der Waals surface area contributed by atoms with Gasteiger partial charge in [0.2, 0.25) is 11.8 Å². The molecule has 1 fully saturated rings. The topological polar surface area (TPSA) is 69.7 Å². The fourth-order valence-electron chi connectivity index (χ4n) is 3.70. The predicted octanol–water partition coefficient (Wildman–Crippen LogP) is 3.87. The highest BCUT2D eigenvalue weighted by atomic mass is 32.1. The number of nitrogens with one attached hydrogen (secondary N) is 1. The Labute approximate surface area is 188 Å². The molecule has 2 heterocycles. The minimum absolute atomic E-state index is 0.0185. The van der Waals surface area contributed by atoms with Crippen LogP contribution in [-0.2, 0) is 16.1 Å². The summed E-state index contributed by atoms with van der Waals surface area (Å²) in [6, 6.07) is 12.0. The first-order chi connectivity index (χ1) is 15.0. The van der Waals surface area contributed by atoms with Crippen molar-refractivity contribution in [2.24, 2.45) is 0 Å². The summed E-state index contributed by atoms with van der Waals surface area (Å²) >= 11 is 1.38. The molecule has 1 aromatic carbocycles. The van der Waals surface area contributed by atoms with Gasteiger partial charge in [0.05, 0.1) is 4.88 Å². The monoisotopic (exact) mass is 441 g/mol. The van der Waals surface area contributed by atoms with Gasteiger partial charge >= 0.3 is 0 Å². The van der Waals surface area contributed by atoms with Crippen LogP contribution in [0.25, 0.3) is 0 Å². The van der Waals surface area contributed by atoms with Crippen molar-refractivity contribution in [3.8, 4) is 0 Å². The minimum atomic E-state index is -0.200. The van der Waals surface area contributed by atoms with Crippen LogP contribution in [0, 0.1) is 0 Å². The Balaban J connectivity index is 1.34. The summed E-state index contributed by atoms with van der Waals surface area (Å²) in [5, 5.41) is 4.58. The Morgan fingerprint density at radius 2 is 1.74 bits per heavy atom. The lowest BCUT2D eigenvalue weighted by Crippen LogP contribution is -2.32. The number of carbonyl (C=O) groups is 3. The predicted molar refractivity (Wildman–Crippen MR) is 124 cm³/mol. The van der Waals surface area contributed by atoms with Crippen molar-refractivity contribution < 1.29 is 14.4 Å². The molecule has 1 N–H and O–H groups in total. The summed E-state index contributed by atoms with van der Waals surface area (Å²) in [5.41, 5.74) is 2.34. The van der Waals surface area contributed by atoms with E-state index in [4.69, 9.17) is 0 Å². The van der Waals surface area contributed by atoms with E-state index in [1.54, 1.807) is 18.0 Å². The van der Waals surface area contributed by atoms with E-state index in [0.29, 0.717) is 11.4 Å². The smallest absolute Gasteiger partial charge is 0.224 e. The van der Waals surface area contributed by atoms with Crippen molar-refractivity contribution in [2.75, 3.05) is 31.6 Å². The number of hydrogen-bond acceptors (Lipinski definition) is 5. The van der Waals surface area contributed by atoms with Crippen LogP contribution >= 0.6 is 11.3 Å². The van der Waals surface area contributed by atoms with Crippen molar-refractivity contribution in [1.29, 1.82) is 0 Å². The van der Waals surface area contributed by atoms with Gasteiger partial charge in [-0.05, 0) is 48.4 Å². The lowest BCUT2D eigenvalue weighted by Gasteiger charge is -2.29. The van der Waals surface area contributed by atoms with Gasteiger partial charge in [0.1, 0.15) is 0 Å². The zero-order valence-electron chi connectivity index (χ0n) is 18.1. The zero-order valence-corrected chi connectivity index (χ0v) is 19.0. The summed E-state index contributed by atoms with van der Waals surface area (Å²) < 4.78 is 0. The van der Waals surface area contributed by atoms with Crippen molar-refractivity contribution in [3.05, 3.63) is 52.2 Å². The summed E-state index contributed by atoms with van der Waals surface area (Å²) in [4.78, 5) is 41.0. The van der Waals surface area contributed by atoms with Crippen LogP contribution in [-0.4, -0.2) is 49.2 Å². The molecule has 7 heteroatoms. The third-order valence-electron chi connectivity index (χ3n) is 5.54. The van der Waals surface area contributed by atoms with E-state index in [2.05, 4.69) is 34.5 Å². The van der Waals surface area contributed by atoms with Crippen molar-refractivity contribution >= 4 is 34.6 Å². The number of anilines is 1. The van der Waals surface area contributed by atoms with Crippen LogP contribution < -0.4 is 10.2 Å². The number of nitrogens with zero attached hydrogens (tertiary/aromatic N) is 2. The number of rotatable bonds is 10.